The molecule has 360 valence electrons. The number of ether oxygens (including phenoxy) is 5. The summed E-state index contributed by atoms with van der Waals surface area (Å²) >= 11 is 0. The molecule has 1 atom stereocenters. The Morgan fingerprint density at radius 3 is 1.82 bits per heavy atom. The van der Waals surface area contributed by atoms with Gasteiger partial charge in [-0.25, -0.2) is 14.4 Å². The van der Waals surface area contributed by atoms with Gasteiger partial charge in [0.15, 0.2) is 0 Å². The van der Waals surface area contributed by atoms with Crippen molar-refractivity contribution >= 4 is 17.9 Å². The van der Waals surface area contributed by atoms with Crippen LogP contribution in [0.2, 0.25) is 0 Å². The Labute approximate surface area is 394 Å². The SMILES string of the molecule is C=C(C)C(=O)OCCCc1cc(-c2ccc(-c3ccc(C4CCC(CCCCC)CC4)cc3)cc2CC)cc(CCCO)c1OCC(CO)(COCCOC(=O)C(=C)C)COC(=O)C(=C)C. The molecule has 3 aromatic rings. The number of hydrogen-bond donors (Lipinski definition) is 2. The second-order valence-electron chi connectivity index (χ2n) is 18.3. The third kappa shape index (κ3) is 16.4. The van der Waals surface area contributed by atoms with E-state index < -0.39 is 29.9 Å². The van der Waals surface area contributed by atoms with Crippen LogP contribution in [0.25, 0.3) is 22.3 Å². The van der Waals surface area contributed by atoms with Crippen molar-refractivity contribution in [1.82, 2.24) is 0 Å². The van der Waals surface area contributed by atoms with Gasteiger partial charge in [0.1, 0.15) is 25.6 Å². The van der Waals surface area contributed by atoms with Gasteiger partial charge in [0.05, 0.1) is 31.8 Å². The van der Waals surface area contributed by atoms with Gasteiger partial charge in [0.25, 0.3) is 0 Å². The Bertz CT molecular complexity index is 2080. The van der Waals surface area contributed by atoms with Crippen molar-refractivity contribution < 1.29 is 48.3 Å². The van der Waals surface area contributed by atoms with Crippen molar-refractivity contribution in [2.45, 2.75) is 124 Å². The summed E-state index contributed by atoms with van der Waals surface area (Å²) in [5.74, 6) is 0.456. The molecule has 0 heterocycles. The van der Waals surface area contributed by atoms with Crippen LogP contribution in [-0.4, -0.2) is 81.0 Å². The highest BCUT2D eigenvalue weighted by Crippen LogP contribution is 2.40. The third-order valence-corrected chi connectivity index (χ3v) is 12.5. The third-order valence-electron chi connectivity index (χ3n) is 12.5. The summed E-state index contributed by atoms with van der Waals surface area (Å²) in [4.78, 5) is 36.8. The first-order chi connectivity index (χ1) is 31.7. The molecule has 0 radical (unpaired) electrons. The fourth-order valence-corrected chi connectivity index (χ4v) is 8.48. The minimum absolute atomic E-state index is 0.0176. The molecule has 0 bridgehead atoms. The number of aliphatic hydroxyl groups excluding tert-OH is 2. The van der Waals surface area contributed by atoms with Crippen molar-refractivity contribution in [3.8, 4) is 28.0 Å². The second-order valence-corrected chi connectivity index (χ2v) is 18.3. The van der Waals surface area contributed by atoms with Gasteiger partial charge in [-0.2, -0.15) is 0 Å². The predicted octanol–water partition coefficient (Wildman–Crippen LogP) is 11.0. The van der Waals surface area contributed by atoms with Gasteiger partial charge in [0.2, 0.25) is 0 Å². The molecule has 1 unspecified atom stereocenters. The molecule has 1 fully saturated rings. The Morgan fingerprint density at radius 1 is 0.636 bits per heavy atom. The van der Waals surface area contributed by atoms with E-state index in [1.54, 1.807) is 13.8 Å². The van der Waals surface area contributed by atoms with Crippen LogP contribution in [0.15, 0.2) is 91.1 Å². The lowest BCUT2D eigenvalue weighted by Crippen LogP contribution is -2.43. The summed E-state index contributed by atoms with van der Waals surface area (Å²) in [5.41, 5.74) is 8.30. The second kappa shape index (κ2) is 27.6. The first-order valence-electron chi connectivity index (χ1n) is 24.0. The molecule has 3 aromatic carbocycles. The minimum Gasteiger partial charge on any atom is -0.492 e. The zero-order valence-electron chi connectivity index (χ0n) is 40.5. The summed E-state index contributed by atoms with van der Waals surface area (Å²) < 4.78 is 28.8. The number of benzene rings is 3. The normalized spacial score (nSPS) is 15.6. The molecule has 2 N–H and O–H groups in total. The summed E-state index contributed by atoms with van der Waals surface area (Å²) in [6.07, 6.45) is 13.3. The molecule has 1 aliphatic rings. The van der Waals surface area contributed by atoms with E-state index in [1.165, 1.54) is 75.0 Å². The first-order valence-corrected chi connectivity index (χ1v) is 24.0. The fraction of sp³-hybridized carbons (Fsp3) is 0.518. The number of rotatable bonds is 29. The average molecular weight is 909 g/mol. The summed E-state index contributed by atoms with van der Waals surface area (Å²) in [7, 11) is 0. The molecule has 1 aliphatic carbocycles. The van der Waals surface area contributed by atoms with Crippen LogP contribution < -0.4 is 4.74 Å². The molecule has 66 heavy (non-hydrogen) atoms. The van der Waals surface area contributed by atoms with Crippen LogP contribution >= 0.6 is 0 Å². The lowest BCUT2D eigenvalue weighted by atomic mass is 9.77. The van der Waals surface area contributed by atoms with E-state index in [0.29, 0.717) is 42.9 Å². The topological polar surface area (TPSA) is 138 Å². The minimum atomic E-state index is -1.22. The van der Waals surface area contributed by atoms with Crippen LogP contribution in [0.3, 0.4) is 0 Å². The summed E-state index contributed by atoms with van der Waals surface area (Å²) in [6.45, 7) is 19.3. The lowest BCUT2D eigenvalue weighted by Gasteiger charge is -2.32. The van der Waals surface area contributed by atoms with Gasteiger partial charge >= 0.3 is 17.9 Å². The fourth-order valence-electron chi connectivity index (χ4n) is 8.48. The largest absolute Gasteiger partial charge is 0.492 e. The predicted molar refractivity (Wildman–Crippen MR) is 262 cm³/mol. The highest BCUT2D eigenvalue weighted by Gasteiger charge is 2.34. The number of carbonyl (C=O) groups excluding carboxylic acids is 3. The number of hydrogen-bond acceptors (Lipinski definition) is 10. The van der Waals surface area contributed by atoms with Crippen molar-refractivity contribution in [2.24, 2.45) is 11.3 Å². The Balaban J connectivity index is 1.66. The molecule has 0 spiro atoms. The van der Waals surface area contributed by atoms with E-state index in [9.17, 15) is 24.6 Å². The monoisotopic (exact) mass is 909 g/mol. The van der Waals surface area contributed by atoms with Crippen LogP contribution in [0.1, 0.15) is 127 Å². The molecule has 0 saturated heterocycles. The standard InChI is InChI=1S/C56H76O10/c1-9-11-12-15-42-18-20-44(21-19-42)45-22-24-46(25-23-45)47-26-27-51(43(10-2)32-47)50-33-48(16-13-28-57)52(49(34-50)17-14-29-63-53(59)39(3)4)65-37-56(35-58,38-66-55(61)41(7)8)36-62-30-31-64-54(60)40(5)6/h22-27,32-34,42,44,57-58H,3,5,7,9-21,28-31,35-38H2,1-2,4,6,8H3. The van der Waals surface area contributed by atoms with Gasteiger partial charge in [-0.1, -0.05) is 102 Å². The Kier molecular flexibility index (Phi) is 22.4. The number of esters is 3. The highest BCUT2D eigenvalue weighted by atomic mass is 16.6. The molecular weight excluding hydrogens is 833 g/mol. The first kappa shape index (κ1) is 53.6. The van der Waals surface area contributed by atoms with Crippen LogP contribution in [-0.2, 0) is 52.6 Å². The van der Waals surface area contributed by atoms with E-state index in [0.717, 1.165) is 40.2 Å². The lowest BCUT2D eigenvalue weighted by molar-refractivity contribution is -0.149. The van der Waals surface area contributed by atoms with Crippen molar-refractivity contribution in [3.63, 3.8) is 0 Å². The summed E-state index contributed by atoms with van der Waals surface area (Å²) in [5, 5.41) is 20.9. The van der Waals surface area contributed by atoms with Crippen molar-refractivity contribution in [3.05, 3.63) is 113 Å². The molecule has 1 saturated carbocycles. The number of carbonyl (C=O) groups is 3. The van der Waals surface area contributed by atoms with Gasteiger partial charge in [-0.3, -0.25) is 0 Å². The number of unbranched alkanes of at least 4 members (excludes halogenated alkanes) is 2. The molecular formula is C56H76O10. The molecule has 0 amide bonds. The molecule has 0 aliphatic heterocycles. The van der Waals surface area contributed by atoms with Crippen LogP contribution in [0, 0.1) is 11.3 Å². The van der Waals surface area contributed by atoms with Crippen molar-refractivity contribution in [1.29, 1.82) is 0 Å². The quantitative estimate of drug-likeness (QED) is 0.0300. The average Bonchev–Trinajstić information content (AvgIpc) is 3.32. The van der Waals surface area contributed by atoms with Gasteiger partial charge in [-0.15, -0.1) is 0 Å². The number of aryl methyl sites for hydroxylation is 3. The van der Waals surface area contributed by atoms with Gasteiger partial charge in [-0.05, 0) is 147 Å². The smallest absolute Gasteiger partial charge is 0.333 e. The summed E-state index contributed by atoms with van der Waals surface area (Å²) in [6, 6.07) is 20.0. The maximum atomic E-state index is 12.6. The van der Waals surface area contributed by atoms with E-state index >= 15 is 0 Å². The maximum Gasteiger partial charge on any atom is 0.333 e. The van der Waals surface area contributed by atoms with Crippen molar-refractivity contribution in [2.75, 3.05) is 52.9 Å². The zero-order valence-corrected chi connectivity index (χ0v) is 40.5. The maximum absolute atomic E-state index is 12.6. The van der Waals surface area contributed by atoms with Crippen LogP contribution in [0.5, 0.6) is 5.75 Å². The van der Waals surface area contributed by atoms with Crippen LogP contribution in [0.4, 0.5) is 0 Å². The molecule has 0 aromatic heterocycles. The Morgan fingerprint density at radius 2 is 1.23 bits per heavy atom. The van der Waals surface area contributed by atoms with E-state index in [1.807, 2.05) is 0 Å². The zero-order chi connectivity index (χ0) is 48.1. The number of aliphatic hydroxyl groups is 2. The molecule has 10 nitrogen and oxygen atoms in total. The highest BCUT2D eigenvalue weighted by molar-refractivity contribution is 5.87. The van der Waals surface area contributed by atoms with E-state index in [4.69, 9.17) is 23.7 Å². The van der Waals surface area contributed by atoms with E-state index in [-0.39, 0.29) is 57.4 Å². The van der Waals surface area contributed by atoms with E-state index in [2.05, 4.69) is 88.2 Å². The van der Waals surface area contributed by atoms with Gasteiger partial charge in [0, 0.05) is 23.3 Å². The Hall–Kier alpha value is -5.03. The van der Waals surface area contributed by atoms with Gasteiger partial charge < -0.3 is 33.9 Å². The molecule has 10 heteroatoms. The molecule has 4 rings (SSSR count).